The molecule has 0 saturated carbocycles. The highest BCUT2D eigenvalue weighted by molar-refractivity contribution is 7.19. The minimum atomic E-state index is -0.118. The number of anilines is 1. The number of halogens is 1. The van der Waals surface area contributed by atoms with Crippen LogP contribution in [0.25, 0.3) is 16.3 Å². The molecule has 0 radical (unpaired) electrons. The molecule has 2 heterocycles. The Hall–Kier alpha value is -2.18. The Balaban J connectivity index is 1.84. The van der Waals surface area contributed by atoms with Crippen LogP contribution in [0.4, 0.5) is 5.13 Å². The zero-order chi connectivity index (χ0) is 15.3. The van der Waals surface area contributed by atoms with Crippen molar-refractivity contribution < 1.29 is 4.79 Å². The van der Waals surface area contributed by atoms with Gasteiger partial charge < -0.3 is 5.32 Å². The predicted octanol–water partition coefficient (Wildman–Crippen LogP) is 3.51. The molecule has 1 aliphatic carbocycles. The van der Waals surface area contributed by atoms with Crippen LogP contribution in [-0.2, 0) is 11.2 Å². The average Bonchev–Trinajstić information content (AvgIpc) is 3.09. The first-order valence-corrected chi connectivity index (χ1v) is 7.92. The highest BCUT2D eigenvalue weighted by atomic mass is 35.5. The van der Waals surface area contributed by atoms with Gasteiger partial charge in [0.1, 0.15) is 0 Å². The first-order chi connectivity index (χ1) is 10.6. The van der Waals surface area contributed by atoms with E-state index in [1.54, 1.807) is 0 Å². The van der Waals surface area contributed by atoms with Crippen molar-refractivity contribution in [1.82, 2.24) is 14.8 Å². The zero-order valence-corrected chi connectivity index (χ0v) is 13.2. The van der Waals surface area contributed by atoms with E-state index in [1.165, 1.54) is 18.3 Å². The van der Waals surface area contributed by atoms with Crippen LogP contribution in [0.2, 0.25) is 5.02 Å². The first-order valence-electron chi connectivity index (χ1n) is 6.73. The molecule has 1 N–H and O–H groups in total. The van der Waals surface area contributed by atoms with Crippen molar-refractivity contribution in [1.29, 1.82) is 0 Å². The quantitative estimate of drug-likeness (QED) is 0.612. The second kappa shape index (κ2) is 4.93. The summed E-state index contributed by atoms with van der Waals surface area (Å²) in [6, 6.07) is 7.60. The van der Waals surface area contributed by atoms with E-state index in [0.717, 1.165) is 33.9 Å². The summed E-state index contributed by atoms with van der Waals surface area (Å²) in [7, 11) is 0. The lowest BCUT2D eigenvalue weighted by molar-refractivity contribution is -0.114. The number of aromatic nitrogens is 3. The summed E-state index contributed by atoms with van der Waals surface area (Å²) in [6.45, 7) is 1.48. The van der Waals surface area contributed by atoms with E-state index in [1.807, 2.05) is 35.1 Å². The zero-order valence-electron chi connectivity index (χ0n) is 11.6. The van der Waals surface area contributed by atoms with Gasteiger partial charge in [0.25, 0.3) is 0 Å². The molecule has 0 aliphatic heterocycles. The van der Waals surface area contributed by atoms with Crippen LogP contribution in [-0.4, -0.2) is 20.7 Å². The Morgan fingerprint density at radius 3 is 3.00 bits per heavy atom. The third kappa shape index (κ3) is 2.03. The number of hydrogen-bond donors (Lipinski definition) is 1. The largest absolute Gasteiger partial charge is 0.302 e. The second-order valence-corrected chi connectivity index (χ2v) is 6.44. The van der Waals surface area contributed by atoms with Crippen molar-refractivity contribution in [2.24, 2.45) is 0 Å². The monoisotopic (exact) mass is 330 g/mol. The summed E-state index contributed by atoms with van der Waals surface area (Å²) >= 11 is 7.75. The molecule has 2 aromatic heterocycles. The Morgan fingerprint density at radius 1 is 1.41 bits per heavy atom. The molecule has 0 fully saturated rings. The molecule has 1 aromatic carbocycles. The van der Waals surface area contributed by atoms with E-state index >= 15 is 0 Å². The average molecular weight is 331 g/mol. The number of nitrogens with one attached hydrogen (secondary N) is 1. The van der Waals surface area contributed by atoms with E-state index < -0.39 is 0 Å². The molecule has 7 heteroatoms. The second-order valence-electron chi connectivity index (χ2n) is 5.03. The van der Waals surface area contributed by atoms with Crippen LogP contribution in [0.1, 0.15) is 18.2 Å². The van der Waals surface area contributed by atoms with Gasteiger partial charge in [-0.15, -0.1) is 0 Å². The number of nitrogens with zero attached hydrogens (tertiary/aromatic N) is 3. The molecule has 0 unspecified atom stereocenters. The van der Waals surface area contributed by atoms with Crippen molar-refractivity contribution in [2.45, 2.75) is 13.3 Å². The lowest BCUT2D eigenvalue weighted by atomic mass is 10.2. The first kappa shape index (κ1) is 13.5. The summed E-state index contributed by atoms with van der Waals surface area (Å²) in [5, 5.41) is 8.47. The van der Waals surface area contributed by atoms with Crippen LogP contribution < -0.4 is 5.32 Å². The lowest BCUT2D eigenvalue weighted by Crippen LogP contribution is -2.05. The fourth-order valence-electron chi connectivity index (χ4n) is 2.60. The van der Waals surface area contributed by atoms with Crippen molar-refractivity contribution in [3.8, 4) is 16.3 Å². The van der Waals surface area contributed by atoms with Gasteiger partial charge in [-0.1, -0.05) is 35.1 Å². The maximum atomic E-state index is 11.2. The van der Waals surface area contributed by atoms with Crippen molar-refractivity contribution in [3.63, 3.8) is 0 Å². The van der Waals surface area contributed by atoms with Crippen molar-refractivity contribution >= 4 is 34.0 Å². The van der Waals surface area contributed by atoms with Gasteiger partial charge >= 0.3 is 0 Å². The van der Waals surface area contributed by atoms with Gasteiger partial charge in [0, 0.05) is 18.9 Å². The van der Waals surface area contributed by atoms with E-state index in [0.29, 0.717) is 10.2 Å². The number of para-hydroxylation sites is 1. The summed E-state index contributed by atoms with van der Waals surface area (Å²) in [5.74, 6) is -0.118. The molecule has 110 valence electrons. The van der Waals surface area contributed by atoms with E-state index in [9.17, 15) is 4.79 Å². The van der Waals surface area contributed by atoms with E-state index in [-0.39, 0.29) is 5.91 Å². The summed E-state index contributed by atoms with van der Waals surface area (Å²) in [5.41, 5.74) is 3.95. The van der Waals surface area contributed by atoms with Crippen LogP contribution in [0, 0.1) is 0 Å². The highest BCUT2D eigenvalue weighted by Gasteiger charge is 2.28. The van der Waals surface area contributed by atoms with Crippen molar-refractivity contribution in [2.75, 3.05) is 5.32 Å². The molecule has 3 aromatic rings. The fourth-order valence-corrected chi connectivity index (χ4v) is 3.91. The topological polar surface area (TPSA) is 59.8 Å². The summed E-state index contributed by atoms with van der Waals surface area (Å²) in [6.07, 6.45) is 2.58. The van der Waals surface area contributed by atoms with Gasteiger partial charge in [-0.25, -0.2) is 9.67 Å². The normalized spacial score (nSPS) is 12.1. The number of amides is 1. The van der Waals surface area contributed by atoms with Crippen LogP contribution >= 0.6 is 22.9 Å². The smallest absolute Gasteiger partial charge is 0.223 e. The molecule has 0 saturated heterocycles. The molecule has 0 spiro atoms. The van der Waals surface area contributed by atoms with Crippen LogP contribution in [0.15, 0.2) is 30.5 Å². The van der Waals surface area contributed by atoms with Crippen LogP contribution in [0.3, 0.4) is 0 Å². The minimum Gasteiger partial charge on any atom is -0.302 e. The number of rotatable bonds is 2. The minimum absolute atomic E-state index is 0.118. The Labute approximate surface area is 135 Å². The predicted molar refractivity (Wildman–Crippen MR) is 86.8 cm³/mol. The molecule has 5 nitrogen and oxygen atoms in total. The van der Waals surface area contributed by atoms with Gasteiger partial charge in [-0.2, -0.15) is 5.10 Å². The summed E-state index contributed by atoms with van der Waals surface area (Å²) in [4.78, 5) is 16.7. The molecule has 1 aliphatic rings. The Kier molecular flexibility index (Phi) is 3.02. The maximum Gasteiger partial charge on any atom is 0.223 e. The molecule has 22 heavy (non-hydrogen) atoms. The van der Waals surface area contributed by atoms with E-state index in [4.69, 9.17) is 11.6 Å². The number of carbonyl (C=O) groups excluding carboxylic acids is 1. The third-order valence-corrected chi connectivity index (χ3v) is 4.82. The van der Waals surface area contributed by atoms with Crippen LogP contribution in [0.5, 0.6) is 0 Å². The molecular formula is C15H11ClN4OS. The Bertz CT molecular complexity index is 899. The number of fused-ring (bicyclic) bond motifs is 3. The highest BCUT2D eigenvalue weighted by Crippen LogP contribution is 2.43. The number of hydrogen-bond acceptors (Lipinski definition) is 4. The van der Waals surface area contributed by atoms with Crippen molar-refractivity contribution in [3.05, 3.63) is 46.7 Å². The molecule has 0 bridgehead atoms. The van der Waals surface area contributed by atoms with Gasteiger partial charge in [-0.05, 0) is 12.1 Å². The maximum absolute atomic E-state index is 11.2. The van der Waals surface area contributed by atoms with Gasteiger partial charge in [0.15, 0.2) is 5.13 Å². The third-order valence-electron chi connectivity index (χ3n) is 3.48. The molecule has 0 atom stereocenters. The number of benzene rings is 1. The molecular weight excluding hydrogens is 320 g/mol. The van der Waals surface area contributed by atoms with E-state index in [2.05, 4.69) is 15.4 Å². The Morgan fingerprint density at radius 2 is 2.23 bits per heavy atom. The van der Waals surface area contributed by atoms with Gasteiger partial charge in [0.05, 0.1) is 33.2 Å². The molecule has 4 rings (SSSR count). The van der Waals surface area contributed by atoms with Gasteiger partial charge in [0.2, 0.25) is 5.91 Å². The standard InChI is InChI=1S/C15H11ClN4OS/c1-8(21)18-15-19-11-6-9-7-17-20(13(9)14(11)22-15)12-5-3-2-4-10(12)16/h2-5,7H,6H2,1H3,(H,18,19,21). The summed E-state index contributed by atoms with van der Waals surface area (Å²) < 4.78 is 1.85. The fraction of sp³-hybridized carbons (Fsp3) is 0.133. The number of carbonyl (C=O) groups is 1. The molecule has 1 amide bonds. The lowest BCUT2D eigenvalue weighted by Gasteiger charge is -2.07. The van der Waals surface area contributed by atoms with Gasteiger partial charge in [-0.3, -0.25) is 4.79 Å². The number of thiazole rings is 1. The SMILES string of the molecule is CC(=O)Nc1nc2c(s1)-c1c(cnn1-c1ccccc1Cl)C2.